The van der Waals surface area contributed by atoms with Gasteiger partial charge < -0.3 is 25.4 Å². The van der Waals surface area contributed by atoms with Crippen LogP contribution in [0.15, 0.2) is 47.5 Å². The third-order valence-corrected chi connectivity index (χ3v) is 4.33. The van der Waals surface area contributed by atoms with Crippen LogP contribution in [-0.2, 0) is 17.8 Å². The maximum absolute atomic E-state index is 12.5. The Kier molecular flexibility index (Phi) is 12.2. The molecule has 0 saturated carbocycles. The van der Waals surface area contributed by atoms with Crippen LogP contribution in [-0.4, -0.2) is 46.1 Å². The molecule has 2 aromatic carbocycles. The third kappa shape index (κ3) is 10.4. The first kappa shape index (κ1) is 27.8. The van der Waals surface area contributed by atoms with Crippen LogP contribution in [0.4, 0.5) is 18.9 Å². The molecule has 2 rings (SSSR count). The zero-order valence-corrected chi connectivity index (χ0v) is 20.7. The highest BCUT2D eigenvalue weighted by Crippen LogP contribution is 2.23. The van der Waals surface area contributed by atoms with Crippen molar-refractivity contribution in [1.29, 1.82) is 0 Å². The molecule has 0 aliphatic heterocycles. The minimum Gasteiger partial charge on any atom is -0.484 e. The summed E-state index contributed by atoms with van der Waals surface area (Å²) in [6, 6.07) is 13.1. The quantitative estimate of drug-likeness (QED) is 0.171. The molecular formula is C22H30F3IN4O2. The minimum atomic E-state index is -4.39. The average Bonchev–Trinajstić information content (AvgIpc) is 2.74. The Morgan fingerprint density at radius 2 is 1.72 bits per heavy atom. The van der Waals surface area contributed by atoms with E-state index in [0.29, 0.717) is 24.7 Å². The number of hydrogen-bond donors (Lipinski definition) is 3. The van der Waals surface area contributed by atoms with E-state index in [1.54, 1.807) is 33.2 Å². The van der Waals surface area contributed by atoms with Gasteiger partial charge in [0.05, 0.1) is 6.61 Å². The predicted octanol–water partition coefficient (Wildman–Crippen LogP) is 4.48. The summed E-state index contributed by atoms with van der Waals surface area (Å²) >= 11 is 0. The Morgan fingerprint density at radius 1 is 1.03 bits per heavy atom. The van der Waals surface area contributed by atoms with Crippen LogP contribution in [0.25, 0.3) is 0 Å². The third-order valence-electron chi connectivity index (χ3n) is 4.33. The lowest BCUT2D eigenvalue weighted by molar-refractivity contribution is -0.153. The zero-order valence-electron chi connectivity index (χ0n) is 18.4. The van der Waals surface area contributed by atoms with Gasteiger partial charge in [-0.2, -0.15) is 13.2 Å². The van der Waals surface area contributed by atoms with Crippen molar-refractivity contribution in [1.82, 2.24) is 10.6 Å². The largest absolute Gasteiger partial charge is 0.484 e. The summed E-state index contributed by atoms with van der Waals surface area (Å²) in [5.41, 5.74) is 3.51. The number of nitrogens with one attached hydrogen (secondary N) is 3. The van der Waals surface area contributed by atoms with Gasteiger partial charge >= 0.3 is 6.18 Å². The molecule has 2 aromatic rings. The van der Waals surface area contributed by atoms with Crippen molar-refractivity contribution >= 4 is 35.6 Å². The number of aliphatic imine (C=N–C) groups is 1. The molecule has 6 nitrogen and oxygen atoms in total. The van der Waals surface area contributed by atoms with Crippen molar-refractivity contribution in [2.45, 2.75) is 26.2 Å². The van der Waals surface area contributed by atoms with E-state index in [2.05, 4.69) is 20.9 Å². The molecule has 0 bridgehead atoms. The van der Waals surface area contributed by atoms with Gasteiger partial charge in [0.25, 0.3) is 0 Å². The summed E-state index contributed by atoms with van der Waals surface area (Å²) in [6.07, 6.45) is -4.39. The van der Waals surface area contributed by atoms with E-state index >= 15 is 0 Å². The number of anilines is 1. The molecule has 3 N–H and O–H groups in total. The normalized spacial score (nSPS) is 11.5. The van der Waals surface area contributed by atoms with Crippen LogP contribution in [0.5, 0.6) is 5.75 Å². The van der Waals surface area contributed by atoms with Crippen molar-refractivity contribution in [3.63, 3.8) is 0 Å². The molecule has 0 unspecified atom stereocenters. The van der Waals surface area contributed by atoms with Crippen molar-refractivity contribution in [3.8, 4) is 5.75 Å². The number of guanidine groups is 1. The molecule has 0 aromatic heterocycles. The van der Waals surface area contributed by atoms with Gasteiger partial charge in [0, 0.05) is 45.0 Å². The molecule has 0 aliphatic carbocycles. The van der Waals surface area contributed by atoms with Crippen LogP contribution in [0.3, 0.4) is 0 Å². The van der Waals surface area contributed by atoms with E-state index in [9.17, 15) is 13.2 Å². The van der Waals surface area contributed by atoms with Crippen LogP contribution in [0, 0.1) is 6.92 Å². The fraction of sp³-hybridized carbons (Fsp3) is 0.409. The van der Waals surface area contributed by atoms with Gasteiger partial charge in [-0.25, -0.2) is 0 Å². The average molecular weight is 566 g/mol. The monoisotopic (exact) mass is 566 g/mol. The molecule has 0 fully saturated rings. The minimum absolute atomic E-state index is 0. The highest BCUT2D eigenvalue weighted by Gasteiger charge is 2.28. The van der Waals surface area contributed by atoms with Crippen molar-refractivity contribution < 1.29 is 22.6 Å². The van der Waals surface area contributed by atoms with Gasteiger partial charge in [-0.05, 0) is 36.2 Å². The number of methoxy groups -OCH3 is 1. The Balaban J connectivity index is 0.00000512. The zero-order chi connectivity index (χ0) is 22.7. The molecule has 0 saturated heterocycles. The van der Waals surface area contributed by atoms with Gasteiger partial charge in [-0.3, -0.25) is 4.99 Å². The van der Waals surface area contributed by atoms with Crippen LogP contribution >= 0.6 is 24.0 Å². The molecule has 10 heteroatoms. The van der Waals surface area contributed by atoms with Crippen LogP contribution < -0.4 is 20.7 Å². The number of hydrogen-bond acceptors (Lipinski definition) is 4. The highest BCUT2D eigenvalue weighted by molar-refractivity contribution is 14.0. The standard InChI is InChI=1S/C22H29F3N4O2.HI/c1-16-4-7-18(20(12-16)31-15-22(23,24)25)14-29-21(26-2)28-13-17-5-8-19(9-6-17)27-10-11-30-3;/h4-9,12,27H,10-11,13-15H2,1-3H3,(H2,26,28,29);1H. The van der Waals surface area contributed by atoms with Gasteiger partial charge in [0.15, 0.2) is 12.6 Å². The second-order valence-corrected chi connectivity index (χ2v) is 6.91. The molecule has 178 valence electrons. The summed E-state index contributed by atoms with van der Waals surface area (Å²) < 4.78 is 47.6. The van der Waals surface area contributed by atoms with Gasteiger partial charge in [0.2, 0.25) is 0 Å². The topological polar surface area (TPSA) is 66.9 Å². The van der Waals surface area contributed by atoms with Crippen LogP contribution in [0.1, 0.15) is 16.7 Å². The maximum atomic E-state index is 12.5. The Hall–Kier alpha value is -2.21. The van der Waals surface area contributed by atoms with Crippen molar-refractivity contribution in [2.75, 3.05) is 39.2 Å². The molecule has 32 heavy (non-hydrogen) atoms. The first-order chi connectivity index (χ1) is 14.8. The van der Waals surface area contributed by atoms with Crippen molar-refractivity contribution in [3.05, 3.63) is 59.2 Å². The van der Waals surface area contributed by atoms with Gasteiger partial charge in [-0.1, -0.05) is 24.3 Å². The van der Waals surface area contributed by atoms with E-state index in [1.807, 2.05) is 30.3 Å². The van der Waals surface area contributed by atoms with Crippen LogP contribution in [0.2, 0.25) is 0 Å². The molecule has 0 spiro atoms. The molecule has 0 atom stereocenters. The summed E-state index contributed by atoms with van der Waals surface area (Å²) in [5, 5.41) is 9.55. The summed E-state index contributed by atoms with van der Waals surface area (Å²) in [6.45, 7) is 2.66. The molecule has 0 aliphatic rings. The Morgan fingerprint density at radius 3 is 2.34 bits per heavy atom. The molecule has 0 amide bonds. The number of benzene rings is 2. The van der Waals surface area contributed by atoms with Gasteiger partial charge in [0.1, 0.15) is 5.75 Å². The Labute approximate surface area is 204 Å². The SMILES string of the molecule is CN=C(NCc1ccc(NCCOC)cc1)NCc1ccc(C)cc1OCC(F)(F)F.I. The van der Waals surface area contributed by atoms with E-state index in [4.69, 9.17) is 9.47 Å². The predicted molar refractivity (Wildman–Crippen MR) is 132 cm³/mol. The number of nitrogens with zero attached hydrogens (tertiary/aromatic N) is 1. The fourth-order valence-electron chi connectivity index (χ4n) is 2.72. The van der Waals surface area contributed by atoms with Crippen molar-refractivity contribution in [2.24, 2.45) is 4.99 Å². The first-order valence-electron chi connectivity index (χ1n) is 9.86. The number of rotatable bonds is 10. The number of aryl methyl sites for hydroxylation is 1. The second kappa shape index (κ2) is 14.0. The summed E-state index contributed by atoms with van der Waals surface area (Å²) in [4.78, 5) is 4.17. The van der Waals surface area contributed by atoms with E-state index < -0.39 is 12.8 Å². The maximum Gasteiger partial charge on any atom is 0.422 e. The summed E-state index contributed by atoms with van der Waals surface area (Å²) in [5.74, 6) is 0.737. The molecule has 0 heterocycles. The lowest BCUT2D eigenvalue weighted by Gasteiger charge is -2.16. The molecular weight excluding hydrogens is 536 g/mol. The Bertz CT molecular complexity index is 846. The van der Waals surface area contributed by atoms with Gasteiger partial charge in [-0.15, -0.1) is 24.0 Å². The fourth-order valence-corrected chi connectivity index (χ4v) is 2.72. The number of halogens is 4. The summed E-state index contributed by atoms with van der Waals surface area (Å²) in [7, 11) is 3.29. The lowest BCUT2D eigenvalue weighted by Crippen LogP contribution is -2.36. The first-order valence-corrected chi connectivity index (χ1v) is 9.86. The van der Waals surface area contributed by atoms with E-state index in [-0.39, 0.29) is 36.3 Å². The number of ether oxygens (including phenoxy) is 2. The smallest absolute Gasteiger partial charge is 0.422 e. The number of alkyl halides is 3. The highest BCUT2D eigenvalue weighted by atomic mass is 127. The second-order valence-electron chi connectivity index (χ2n) is 6.91. The molecule has 0 radical (unpaired) electrons. The lowest BCUT2D eigenvalue weighted by atomic mass is 10.1. The van der Waals surface area contributed by atoms with E-state index in [0.717, 1.165) is 23.4 Å². The van der Waals surface area contributed by atoms with E-state index in [1.165, 1.54) is 0 Å².